The molecule has 1 aromatic rings. The van der Waals surface area contributed by atoms with Crippen LogP contribution >= 0.6 is 11.9 Å². The van der Waals surface area contributed by atoms with Crippen molar-refractivity contribution in [3.63, 3.8) is 0 Å². The highest BCUT2D eigenvalue weighted by molar-refractivity contribution is 7.97. The van der Waals surface area contributed by atoms with Gasteiger partial charge in [0.15, 0.2) is 0 Å². The SMILES string of the molecule is C=CCSn1c[c]nn1. The lowest BCUT2D eigenvalue weighted by Crippen LogP contribution is -1.87. The zero-order valence-electron chi connectivity index (χ0n) is 4.82. The summed E-state index contributed by atoms with van der Waals surface area (Å²) >= 11 is 1.52. The normalized spacial score (nSPS) is 9.33. The summed E-state index contributed by atoms with van der Waals surface area (Å²) in [4.78, 5) is 0. The minimum absolute atomic E-state index is 0.844. The van der Waals surface area contributed by atoms with E-state index in [1.807, 2.05) is 6.08 Å². The Hall–Kier alpha value is -0.770. The molecule has 0 amide bonds. The summed E-state index contributed by atoms with van der Waals surface area (Å²) in [6.07, 6.45) is 6.07. The fraction of sp³-hybridized carbons (Fsp3) is 0.200. The first kappa shape index (κ1) is 6.35. The maximum Gasteiger partial charge on any atom is 0.136 e. The van der Waals surface area contributed by atoms with Crippen molar-refractivity contribution in [2.75, 3.05) is 5.75 Å². The lowest BCUT2D eigenvalue weighted by molar-refractivity contribution is 0.890. The molecule has 0 bridgehead atoms. The number of aromatic nitrogens is 3. The molecule has 0 unspecified atom stereocenters. The van der Waals surface area contributed by atoms with Crippen LogP contribution in [-0.4, -0.2) is 20.2 Å². The summed E-state index contributed by atoms with van der Waals surface area (Å²) in [6, 6.07) is 0. The third kappa shape index (κ3) is 1.89. The van der Waals surface area contributed by atoms with Gasteiger partial charge in [0.1, 0.15) is 6.20 Å². The molecule has 1 rings (SSSR count). The van der Waals surface area contributed by atoms with Gasteiger partial charge in [0, 0.05) is 5.75 Å². The van der Waals surface area contributed by atoms with Crippen LogP contribution < -0.4 is 0 Å². The van der Waals surface area contributed by atoms with E-state index in [1.54, 1.807) is 10.3 Å². The highest BCUT2D eigenvalue weighted by atomic mass is 32.2. The van der Waals surface area contributed by atoms with Gasteiger partial charge in [-0.25, -0.2) is 0 Å². The van der Waals surface area contributed by atoms with Crippen molar-refractivity contribution in [3.8, 4) is 0 Å². The van der Waals surface area contributed by atoms with E-state index < -0.39 is 0 Å². The average Bonchev–Trinajstić information content (AvgIpc) is 2.34. The van der Waals surface area contributed by atoms with Crippen molar-refractivity contribution in [3.05, 3.63) is 25.0 Å². The van der Waals surface area contributed by atoms with E-state index in [9.17, 15) is 0 Å². The molecule has 9 heavy (non-hydrogen) atoms. The van der Waals surface area contributed by atoms with E-state index in [4.69, 9.17) is 0 Å². The van der Waals surface area contributed by atoms with Crippen molar-refractivity contribution in [1.29, 1.82) is 0 Å². The van der Waals surface area contributed by atoms with Crippen molar-refractivity contribution in [1.82, 2.24) is 14.4 Å². The smallest absolute Gasteiger partial charge is 0.136 e. The largest absolute Gasteiger partial charge is 0.193 e. The van der Waals surface area contributed by atoms with Gasteiger partial charge in [-0.05, 0) is 11.9 Å². The van der Waals surface area contributed by atoms with Crippen molar-refractivity contribution < 1.29 is 0 Å². The molecule has 0 atom stereocenters. The molecule has 0 aliphatic heterocycles. The third-order valence-corrected chi connectivity index (χ3v) is 1.51. The minimum atomic E-state index is 0.844. The summed E-state index contributed by atoms with van der Waals surface area (Å²) in [5.41, 5.74) is 0. The van der Waals surface area contributed by atoms with Gasteiger partial charge in [0.05, 0.1) is 6.20 Å². The second-order valence-electron chi connectivity index (χ2n) is 1.33. The standard InChI is InChI=1S/C5H6N3S/c1-2-5-9-8-4-3-6-7-8/h2,4H,1,5H2. The second kappa shape index (κ2) is 3.29. The van der Waals surface area contributed by atoms with E-state index in [0.29, 0.717) is 0 Å². The molecule has 0 saturated carbocycles. The van der Waals surface area contributed by atoms with Crippen LogP contribution in [0.4, 0.5) is 0 Å². The van der Waals surface area contributed by atoms with E-state index in [1.165, 1.54) is 11.9 Å². The third-order valence-electron chi connectivity index (χ3n) is 0.683. The zero-order chi connectivity index (χ0) is 6.53. The van der Waals surface area contributed by atoms with Crippen molar-refractivity contribution in [2.24, 2.45) is 0 Å². The molecule has 0 aromatic carbocycles. The zero-order valence-corrected chi connectivity index (χ0v) is 5.64. The van der Waals surface area contributed by atoms with Crippen LogP contribution in [0, 0.1) is 6.20 Å². The van der Waals surface area contributed by atoms with E-state index in [2.05, 4.69) is 23.1 Å². The quantitative estimate of drug-likeness (QED) is 0.581. The maximum atomic E-state index is 3.68. The monoisotopic (exact) mass is 140 g/mol. The Balaban J connectivity index is 2.38. The van der Waals surface area contributed by atoms with Gasteiger partial charge in [-0.3, -0.25) is 0 Å². The molecule has 1 radical (unpaired) electrons. The Bertz CT molecular complexity index is 170. The molecule has 1 aromatic heterocycles. The van der Waals surface area contributed by atoms with Gasteiger partial charge in [-0.1, -0.05) is 11.3 Å². The molecular formula is C5H6N3S. The molecule has 0 aliphatic rings. The fourth-order valence-corrected chi connectivity index (χ4v) is 0.831. The highest BCUT2D eigenvalue weighted by Gasteiger charge is 1.86. The predicted octanol–water partition coefficient (Wildman–Crippen LogP) is 0.761. The first-order valence-corrected chi connectivity index (χ1v) is 3.40. The van der Waals surface area contributed by atoms with Gasteiger partial charge in [0.25, 0.3) is 0 Å². The average molecular weight is 140 g/mol. The van der Waals surface area contributed by atoms with Crippen LogP contribution in [-0.2, 0) is 0 Å². The summed E-state index contributed by atoms with van der Waals surface area (Å²) in [7, 11) is 0. The molecule has 3 nitrogen and oxygen atoms in total. The van der Waals surface area contributed by atoms with Crippen LogP contribution in [0.5, 0.6) is 0 Å². The fourth-order valence-electron chi connectivity index (χ4n) is 0.363. The summed E-state index contributed by atoms with van der Waals surface area (Å²) < 4.78 is 1.64. The Morgan fingerprint density at radius 3 is 3.33 bits per heavy atom. The van der Waals surface area contributed by atoms with Gasteiger partial charge in [0.2, 0.25) is 0 Å². The highest BCUT2D eigenvalue weighted by Crippen LogP contribution is 1.99. The Morgan fingerprint density at radius 1 is 1.89 bits per heavy atom. The molecule has 0 aliphatic carbocycles. The van der Waals surface area contributed by atoms with Crippen LogP contribution in [0.25, 0.3) is 0 Å². The van der Waals surface area contributed by atoms with Gasteiger partial charge in [-0.15, -0.1) is 11.7 Å². The maximum absolute atomic E-state index is 3.68. The Morgan fingerprint density at radius 2 is 2.78 bits per heavy atom. The summed E-state index contributed by atoms with van der Waals surface area (Å²) in [5.74, 6) is 0.844. The van der Waals surface area contributed by atoms with Crippen LogP contribution in [0.3, 0.4) is 0 Å². The van der Waals surface area contributed by atoms with Crippen LogP contribution in [0.2, 0.25) is 0 Å². The Kier molecular flexibility index (Phi) is 2.32. The second-order valence-corrected chi connectivity index (χ2v) is 2.30. The topological polar surface area (TPSA) is 30.7 Å². The molecule has 4 heteroatoms. The Labute approximate surface area is 57.9 Å². The first-order chi connectivity index (χ1) is 4.43. The predicted molar refractivity (Wildman–Crippen MR) is 36.9 cm³/mol. The van der Waals surface area contributed by atoms with Crippen LogP contribution in [0.1, 0.15) is 0 Å². The van der Waals surface area contributed by atoms with Crippen molar-refractivity contribution in [2.45, 2.75) is 0 Å². The van der Waals surface area contributed by atoms with Crippen LogP contribution in [0.15, 0.2) is 18.9 Å². The summed E-state index contributed by atoms with van der Waals surface area (Å²) in [5, 5.41) is 7.19. The van der Waals surface area contributed by atoms with Gasteiger partial charge < -0.3 is 0 Å². The number of nitrogens with zero attached hydrogens (tertiary/aromatic N) is 3. The van der Waals surface area contributed by atoms with Gasteiger partial charge in [-0.2, -0.15) is 4.09 Å². The lowest BCUT2D eigenvalue weighted by atomic mass is 10.8. The summed E-state index contributed by atoms with van der Waals surface area (Å²) in [6.45, 7) is 3.57. The molecule has 0 saturated heterocycles. The van der Waals surface area contributed by atoms with Gasteiger partial charge >= 0.3 is 0 Å². The molecule has 0 spiro atoms. The number of hydrogen-bond donors (Lipinski definition) is 0. The number of rotatable bonds is 3. The molecular weight excluding hydrogens is 134 g/mol. The lowest BCUT2D eigenvalue weighted by Gasteiger charge is -1.90. The van der Waals surface area contributed by atoms with E-state index >= 15 is 0 Å². The molecule has 0 fully saturated rings. The molecule has 47 valence electrons. The van der Waals surface area contributed by atoms with Crippen molar-refractivity contribution >= 4 is 11.9 Å². The minimum Gasteiger partial charge on any atom is -0.193 e. The first-order valence-electron chi connectivity index (χ1n) is 2.46. The van der Waals surface area contributed by atoms with E-state index in [-0.39, 0.29) is 0 Å². The molecule has 0 N–H and O–H groups in total. The molecule has 1 heterocycles. The number of hydrogen-bond acceptors (Lipinski definition) is 3. The van der Waals surface area contributed by atoms with E-state index in [0.717, 1.165) is 5.75 Å².